The summed E-state index contributed by atoms with van der Waals surface area (Å²) >= 11 is 1.52. The lowest BCUT2D eigenvalue weighted by Gasteiger charge is -2.33. The molecule has 2 aromatic heterocycles. The van der Waals surface area contributed by atoms with E-state index in [0.717, 1.165) is 29.1 Å². The summed E-state index contributed by atoms with van der Waals surface area (Å²) < 4.78 is 5.89. The molecule has 134 valence electrons. The summed E-state index contributed by atoms with van der Waals surface area (Å²) in [6.45, 7) is 3.95. The van der Waals surface area contributed by atoms with E-state index in [0.29, 0.717) is 19.7 Å². The van der Waals surface area contributed by atoms with Gasteiger partial charge in [-0.1, -0.05) is 0 Å². The second kappa shape index (κ2) is 7.97. The molecule has 5 nitrogen and oxygen atoms in total. The monoisotopic (exact) mass is 359 g/mol. The second-order valence-corrected chi connectivity index (χ2v) is 7.55. The van der Waals surface area contributed by atoms with Crippen LogP contribution in [0, 0.1) is 6.92 Å². The molecule has 3 rings (SSSR count). The van der Waals surface area contributed by atoms with E-state index in [9.17, 15) is 4.79 Å². The first kappa shape index (κ1) is 17.9. The molecule has 0 bridgehead atoms. The molecule has 25 heavy (non-hydrogen) atoms. The number of amides is 1. The number of hydrogen-bond acceptors (Lipinski definition) is 5. The number of pyridine rings is 1. The smallest absolute Gasteiger partial charge is 0.264 e. The number of carbonyl (C=O) groups excluding carboxylic acids is 1. The van der Waals surface area contributed by atoms with Crippen LogP contribution in [0.5, 0.6) is 0 Å². The largest absolute Gasteiger partial charge is 0.375 e. The van der Waals surface area contributed by atoms with Crippen molar-refractivity contribution in [3.63, 3.8) is 0 Å². The van der Waals surface area contributed by atoms with Crippen molar-refractivity contribution in [2.45, 2.75) is 25.9 Å². The minimum atomic E-state index is 0.0916. The van der Waals surface area contributed by atoms with Gasteiger partial charge in [-0.05, 0) is 54.5 Å². The Morgan fingerprint density at radius 1 is 1.44 bits per heavy atom. The SMILES string of the molecule is Cc1ccsc1C(=O)N1CCO[C@@H](CCc2ccnc(N(C)C)c2)C1. The zero-order valence-electron chi connectivity index (χ0n) is 15.1. The van der Waals surface area contributed by atoms with Crippen LogP contribution in [0.2, 0.25) is 0 Å². The number of aryl methyl sites for hydroxylation is 2. The minimum absolute atomic E-state index is 0.0916. The van der Waals surface area contributed by atoms with Gasteiger partial charge in [0.15, 0.2) is 0 Å². The standard InChI is InChI=1S/C19H25N3O2S/c1-14-7-11-25-18(14)19(23)22-9-10-24-16(13-22)5-4-15-6-8-20-17(12-15)21(2)3/h6-8,11-12,16H,4-5,9-10,13H2,1-3H3/t16-/m0/s1. The predicted octanol–water partition coefficient (Wildman–Crippen LogP) is 2.99. The fourth-order valence-corrected chi connectivity index (χ4v) is 3.89. The van der Waals surface area contributed by atoms with Crippen molar-refractivity contribution < 1.29 is 9.53 Å². The first-order valence-corrected chi connectivity index (χ1v) is 9.50. The molecule has 0 spiro atoms. The van der Waals surface area contributed by atoms with Crippen molar-refractivity contribution in [2.24, 2.45) is 0 Å². The first-order valence-electron chi connectivity index (χ1n) is 8.62. The molecule has 1 fully saturated rings. The lowest BCUT2D eigenvalue weighted by Crippen LogP contribution is -2.45. The summed E-state index contributed by atoms with van der Waals surface area (Å²) in [5, 5.41) is 1.98. The fourth-order valence-electron chi connectivity index (χ4n) is 3.00. The molecule has 1 aliphatic rings. The fraction of sp³-hybridized carbons (Fsp3) is 0.474. The van der Waals surface area contributed by atoms with Crippen LogP contribution < -0.4 is 4.90 Å². The molecule has 1 amide bonds. The normalized spacial score (nSPS) is 17.6. The maximum atomic E-state index is 12.7. The van der Waals surface area contributed by atoms with Gasteiger partial charge >= 0.3 is 0 Å². The minimum Gasteiger partial charge on any atom is -0.375 e. The van der Waals surface area contributed by atoms with Crippen LogP contribution in [0.3, 0.4) is 0 Å². The topological polar surface area (TPSA) is 45.7 Å². The maximum absolute atomic E-state index is 12.7. The van der Waals surface area contributed by atoms with Gasteiger partial charge in [-0.3, -0.25) is 4.79 Å². The van der Waals surface area contributed by atoms with Crippen LogP contribution in [0.1, 0.15) is 27.2 Å². The van der Waals surface area contributed by atoms with Gasteiger partial charge in [0.2, 0.25) is 0 Å². The average Bonchev–Trinajstić information content (AvgIpc) is 3.06. The number of carbonyl (C=O) groups is 1. The predicted molar refractivity (Wildman–Crippen MR) is 102 cm³/mol. The summed E-state index contributed by atoms with van der Waals surface area (Å²) in [4.78, 5) is 21.8. The van der Waals surface area contributed by atoms with E-state index in [4.69, 9.17) is 4.74 Å². The van der Waals surface area contributed by atoms with Crippen LogP contribution in [-0.4, -0.2) is 55.7 Å². The van der Waals surface area contributed by atoms with Gasteiger partial charge in [0.1, 0.15) is 5.82 Å². The molecule has 0 aliphatic carbocycles. The number of hydrogen-bond donors (Lipinski definition) is 0. The number of anilines is 1. The van der Waals surface area contributed by atoms with Crippen molar-refractivity contribution in [3.8, 4) is 0 Å². The average molecular weight is 359 g/mol. The van der Waals surface area contributed by atoms with E-state index in [-0.39, 0.29) is 12.0 Å². The van der Waals surface area contributed by atoms with E-state index in [1.807, 2.05) is 54.5 Å². The van der Waals surface area contributed by atoms with E-state index in [1.165, 1.54) is 16.9 Å². The Balaban J connectivity index is 1.58. The van der Waals surface area contributed by atoms with Crippen LogP contribution in [0.4, 0.5) is 5.82 Å². The molecule has 0 unspecified atom stereocenters. The van der Waals surface area contributed by atoms with Crippen molar-refractivity contribution in [1.82, 2.24) is 9.88 Å². The number of rotatable bonds is 5. The highest BCUT2D eigenvalue weighted by molar-refractivity contribution is 7.12. The molecule has 1 saturated heterocycles. The Labute approximate surface area is 153 Å². The third kappa shape index (κ3) is 4.38. The van der Waals surface area contributed by atoms with Crippen molar-refractivity contribution >= 4 is 23.1 Å². The second-order valence-electron chi connectivity index (χ2n) is 6.63. The zero-order valence-corrected chi connectivity index (χ0v) is 15.9. The maximum Gasteiger partial charge on any atom is 0.264 e. The lowest BCUT2D eigenvalue weighted by molar-refractivity contribution is -0.0244. The van der Waals surface area contributed by atoms with Gasteiger partial charge in [-0.15, -0.1) is 11.3 Å². The van der Waals surface area contributed by atoms with E-state index >= 15 is 0 Å². The molecular weight excluding hydrogens is 334 g/mol. The molecule has 1 atom stereocenters. The molecule has 0 saturated carbocycles. The van der Waals surface area contributed by atoms with Gasteiger partial charge in [-0.2, -0.15) is 0 Å². The molecule has 0 aromatic carbocycles. The summed E-state index contributed by atoms with van der Waals surface area (Å²) in [5.74, 6) is 1.10. The molecular formula is C19H25N3O2S. The van der Waals surface area contributed by atoms with E-state index in [1.54, 1.807) is 0 Å². The third-order valence-corrected chi connectivity index (χ3v) is 5.51. The number of ether oxygens (including phenoxy) is 1. The van der Waals surface area contributed by atoms with Gasteiger partial charge in [-0.25, -0.2) is 4.98 Å². The Morgan fingerprint density at radius 2 is 2.28 bits per heavy atom. The highest BCUT2D eigenvalue weighted by Gasteiger charge is 2.26. The third-order valence-electron chi connectivity index (χ3n) is 4.51. The van der Waals surface area contributed by atoms with Crippen molar-refractivity contribution in [1.29, 1.82) is 0 Å². The van der Waals surface area contributed by atoms with Crippen molar-refractivity contribution in [2.75, 3.05) is 38.7 Å². The Morgan fingerprint density at radius 3 is 3.00 bits per heavy atom. The Hall–Kier alpha value is -1.92. The van der Waals surface area contributed by atoms with Crippen LogP contribution in [0.25, 0.3) is 0 Å². The summed E-state index contributed by atoms with van der Waals surface area (Å²) in [5.41, 5.74) is 2.31. The van der Waals surface area contributed by atoms with Gasteiger partial charge < -0.3 is 14.5 Å². The molecule has 1 aliphatic heterocycles. The zero-order chi connectivity index (χ0) is 17.8. The lowest BCUT2D eigenvalue weighted by atomic mass is 10.1. The number of morpholine rings is 1. The molecule has 0 radical (unpaired) electrons. The van der Waals surface area contributed by atoms with Gasteiger partial charge in [0.05, 0.1) is 17.6 Å². The van der Waals surface area contributed by atoms with Crippen LogP contribution in [0.15, 0.2) is 29.8 Å². The van der Waals surface area contributed by atoms with Crippen molar-refractivity contribution in [3.05, 3.63) is 45.8 Å². The Bertz CT molecular complexity index is 729. The van der Waals surface area contributed by atoms with E-state index in [2.05, 4.69) is 11.1 Å². The molecule has 2 aromatic rings. The molecule has 0 N–H and O–H groups in total. The Kier molecular flexibility index (Phi) is 5.71. The summed E-state index contributed by atoms with van der Waals surface area (Å²) in [6, 6.07) is 6.16. The van der Waals surface area contributed by atoms with Gasteiger partial charge in [0, 0.05) is 33.4 Å². The number of thiophene rings is 1. The van der Waals surface area contributed by atoms with Crippen LogP contribution >= 0.6 is 11.3 Å². The van der Waals surface area contributed by atoms with Gasteiger partial charge in [0.25, 0.3) is 5.91 Å². The van der Waals surface area contributed by atoms with Crippen LogP contribution in [-0.2, 0) is 11.2 Å². The van der Waals surface area contributed by atoms with E-state index < -0.39 is 0 Å². The number of aromatic nitrogens is 1. The molecule has 3 heterocycles. The first-order chi connectivity index (χ1) is 12.0. The quantitative estimate of drug-likeness (QED) is 0.823. The summed E-state index contributed by atoms with van der Waals surface area (Å²) in [6.07, 6.45) is 3.77. The highest BCUT2D eigenvalue weighted by Crippen LogP contribution is 2.21. The number of nitrogens with zero attached hydrogens (tertiary/aromatic N) is 3. The molecule has 6 heteroatoms. The summed E-state index contributed by atoms with van der Waals surface area (Å²) in [7, 11) is 3.98. The highest BCUT2D eigenvalue weighted by atomic mass is 32.1.